The molecule has 0 spiro atoms. The third kappa shape index (κ3) is 4.28. The summed E-state index contributed by atoms with van der Waals surface area (Å²) in [5.74, 6) is 0.622. The van der Waals surface area contributed by atoms with Crippen molar-refractivity contribution in [1.82, 2.24) is 14.2 Å². The van der Waals surface area contributed by atoms with Gasteiger partial charge in [-0.2, -0.15) is 12.7 Å². The predicted octanol–water partition coefficient (Wildman–Crippen LogP) is 1.93. The van der Waals surface area contributed by atoms with Crippen LogP contribution in [-0.4, -0.2) is 38.5 Å². The molecule has 0 aliphatic rings. The van der Waals surface area contributed by atoms with Crippen LogP contribution in [0.1, 0.15) is 5.69 Å². The molecule has 1 heterocycles. The SMILES string of the molecule is CN(C)S(=O)(=O)NCCc1cc(-c2ccc(Cl)cc2)on1. The van der Waals surface area contributed by atoms with Crippen LogP contribution in [0.3, 0.4) is 0 Å². The molecule has 1 aromatic carbocycles. The normalized spacial score (nSPS) is 12.0. The quantitative estimate of drug-likeness (QED) is 0.878. The van der Waals surface area contributed by atoms with Crippen LogP contribution >= 0.6 is 11.6 Å². The van der Waals surface area contributed by atoms with Gasteiger partial charge in [-0.1, -0.05) is 16.8 Å². The summed E-state index contributed by atoms with van der Waals surface area (Å²) < 4.78 is 31.9. The summed E-state index contributed by atoms with van der Waals surface area (Å²) in [4.78, 5) is 0. The second-order valence-electron chi connectivity index (χ2n) is 4.62. The number of nitrogens with one attached hydrogen (secondary N) is 1. The van der Waals surface area contributed by atoms with E-state index in [1.807, 2.05) is 12.1 Å². The molecule has 0 fully saturated rings. The maximum atomic E-state index is 11.5. The Balaban J connectivity index is 1.96. The molecular formula is C13H16ClN3O3S. The van der Waals surface area contributed by atoms with Gasteiger partial charge in [0.1, 0.15) is 0 Å². The smallest absolute Gasteiger partial charge is 0.278 e. The van der Waals surface area contributed by atoms with Gasteiger partial charge in [0, 0.05) is 43.7 Å². The minimum Gasteiger partial charge on any atom is -0.356 e. The zero-order chi connectivity index (χ0) is 15.5. The van der Waals surface area contributed by atoms with Crippen molar-refractivity contribution in [2.45, 2.75) is 6.42 Å². The van der Waals surface area contributed by atoms with Crippen molar-refractivity contribution in [3.8, 4) is 11.3 Å². The Hall–Kier alpha value is -1.41. The number of hydrogen-bond acceptors (Lipinski definition) is 4. The molecule has 114 valence electrons. The molecule has 0 radical (unpaired) electrons. The largest absolute Gasteiger partial charge is 0.356 e. The van der Waals surface area contributed by atoms with E-state index in [2.05, 4.69) is 9.88 Å². The number of hydrogen-bond donors (Lipinski definition) is 1. The van der Waals surface area contributed by atoms with Gasteiger partial charge < -0.3 is 4.52 Å². The van der Waals surface area contributed by atoms with Gasteiger partial charge in [-0.15, -0.1) is 0 Å². The first-order valence-corrected chi connectivity index (χ1v) is 8.09. The van der Waals surface area contributed by atoms with E-state index in [1.54, 1.807) is 18.2 Å². The molecule has 0 aliphatic carbocycles. The van der Waals surface area contributed by atoms with E-state index in [0.717, 1.165) is 9.87 Å². The highest BCUT2D eigenvalue weighted by atomic mass is 35.5. The van der Waals surface area contributed by atoms with Gasteiger partial charge in [0.15, 0.2) is 5.76 Å². The highest BCUT2D eigenvalue weighted by molar-refractivity contribution is 7.87. The number of nitrogens with zero attached hydrogens (tertiary/aromatic N) is 2. The molecule has 1 aromatic heterocycles. The number of rotatable bonds is 6. The molecule has 1 N–H and O–H groups in total. The Morgan fingerprint density at radius 1 is 1.29 bits per heavy atom. The summed E-state index contributed by atoms with van der Waals surface area (Å²) in [6.07, 6.45) is 0.449. The molecule has 0 bridgehead atoms. The topological polar surface area (TPSA) is 75.4 Å². The van der Waals surface area contributed by atoms with Crippen molar-refractivity contribution < 1.29 is 12.9 Å². The second-order valence-corrected chi connectivity index (χ2v) is 7.03. The molecule has 0 saturated heterocycles. The van der Waals surface area contributed by atoms with Crippen LogP contribution in [0.4, 0.5) is 0 Å². The summed E-state index contributed by atoms with van der Waals surface area (Å²) in [6.45, 7) is 0.257. The van der Waals surface area contributed by atoms with Crippen LogP contribution in [0.15, 0.2) is 34.9 Å². The third-order valence-corrected chi connectivity index (χ3v) is 4.62. The fourth-order valence-electron chi connectivity index (χ4n) is 1.62. The van der Waals surface area contributed by atoms with E-state index in [4.69, 9.17) is 16.1 Å². The molecule has 0 saturated carbocycles. The molecule has 0 amide bonds. The molecule has 0 aliphatic heterocycles. The summed E-state index contributed by atoms with van der Waals surface area (Å²) in [5.41, 5.74) is 1.55. The van der Waals surface area contributed by atoms with Crippen molar-refractivity contribution in [2.24, 2.45) is 0 Å². The van der Waals surface area contributed by atoms with Crippen LogP contribution in [0.5, 0.6) is 0 Å². The lowest BCUT2D eigenvalue weighted by Crippen LogP contribution is -2.36. The minimum absolute atomic E-state index is 0.257. The molecule has 2 rings (SSSR count). The van der Waals surface area contributed by atoms with E-state index in [-0.39, 0.29) is 6.54 Å². The van der Waals surface area contributed by atoms with Crippen molar-refractivity contribution in [3.05, 3.63) is 41.0 Å². The van der Waals surface area contributed by atoms with E-state index in [1.165, 1.54) is 14.1 Å². The van der Waals surface area contributed by atoms with Crippen LogP contribution in [0.2, 0.25) is 5.02 Å². The van der Waals surface area contributed by atoms with E-state index < -0.39 is 10.2 Å². The highest BCUT2D eigenvalue weighted by Gasteiger charge is 2.13. The molecule has 0 atom stereocenters. The standard InChI is InChI=1S/C13H16ClN3O3S/c1-17(2)21(18,19)15-8-7-12-9-13(20-16-12)10-3-5-11(14)6-4-10/h3-6,9,15H,7-8H2,1-2H3. The summed E-state index contributed by atoms with van der Waals surface area (Å²) in [5, 5.41) is 4.57. The molecule has 0 unspecified atom stereocenters. The molecule has 21 heavy (non-hydrogen) atoms. The van der Waals surface area contributed by atoms with E-state index in [0.29, 0.717) is 22.9 Å². The Morgan fingerprint density at radius 3 is 2.57 bits per heavy atom. The fraction of sp³-hybridized carbons (Fsp3) is 0.308. The van der Waals surface area contributed by atoms with E-state index >= 15 is 0 Å². The van der Waals surface area contributed by atoms with Gasteiger partial charge in [0.05, 0.1) is 5.69 Å². The average Bonchev–Trinajstić information content (AvgIpc) is 2.88. The van der Waals surface area contributed by atoms with Crippen LogP contribution in [0, 0.1) is 0 Å². The Kier molecular flexibility index (Phi) is 5.00. The second kappa shape index (κ2) is 6.57. The summed E-state index contributed by atoms with van der Waals surface area (Å²) >= 11 is 5.83. The number of halogens is 1. The lowest BCUT2D eigenvalue weighted by atomic mass is 10.1. The zero-order valence-electron chi connectivity index (χ0n) is 11.7. The average molecular weight is 330 g/mol. The molecule has 2 aromatic rings. The Morgan fingerprint density at radius 2 is 1.95 bits per heavy atom. The fourth-order valence-corrected chi connectivity index (χ4v) is 2.36. The van der Waals surface area contributed by atoms with Gasteiger partial charge in [-0.3, -0.25) is 0 Å². The molecule has 8 heteroatoms. The predicted molar refractivity (Wildman–Crippen MR) is 81.3 cm³/mol. The van der Waals surface area contributed by atoms with Crippen LogP contribution in [0.25, 0.3) is 11.3 Å². The summed E-state index contributed by atoms with van der Waals surface area (Å²) in [6, 6.07) is 8.99. The summed E-state index contributed by atoms with van der Waals surface area (Å²) in [7, 11) is -0.470. The highest BCUT2D eigenvalue weighted by Crippen LogP contribution is 2.22. The first-order chi connectivity index (χ1) is 9.88. The lowest BCUT2D eigenvalue weighted by Gasteiger charge is -2.11. The Bertz CT molecular complexity index is 696. The van der Waals surface area contributed by atoms with Gasteiger partial charge in [0.2, 0.25) is 0 Å². The van der Waals surface area contributed by atoms with Crippen molar-refractivity contribution >= 4 is 21.8 Å². The van der Waals surface area contributed by atoms with Crippen molar-refractivity contribution in [1.29, 1.82) is 0 Å². The van der Waals surface area contributed by atoms with Gasteiger partial charge >= 0.3 is 0 Å². The van der Waals surface area contributed by atoms with Crippen LogP contribution < -0.4 is 4.72 Å². The van der Waals surface area contributed by atoms with Crippen molar-refractivity contribution in [3.63, 3.8) is 0 Å². The molecule has 6 nitrogen and oxygen atoms in total. The maximum absolute atomic E-state index is 11.5. The third-order valence-electron chi connectivity index (χ3n) is 2.83. The first kappa shape index (κ1) is 16.0. The van der Waals surface area contributed by atoms with Gasteiger partial charge in [-0.25, -0.2) is 4.72 Å². The number of aromatic nitrogens is 1. The van der Waals surface area contributed by atoms with Gasteiger partial charge in [-0.05, 0) is 24.3 Å². The first-order valence-electron chi connectivity index (χ1n) is 6.27. The zero-order valence-corrected chi connectivity index (χ0v) is 13.3. The maximum Gasteiger partial charge on any atom is 0.278 e. The lowest BCUT2D eigenvalue weighted by molar-refractivity contribution is 0.423. The Labute approximate surface area is 128 Å². The minimum atomic E-state index is -3.41. The molecular weight excluding hydrogens is 314 g/mol. The number of benzene rings is 1. The van der Waals surface area contributed by atoms with Crippen LogP contribution in [-0.2, 0) is 16.6 Å². The van der Waals surface area contributed by atoms with Crippen molar-refractivity contribution in [2.75, 3.05) is 20.6 Å². The van der Waals surface area contributed by atoms with Gasteiger partial charge in [0.25, 0.3) is 10.2 Å². The monoisotopic (exact) mass is 329 g/mol. The van der Waals surface area contributed by atoms with E-state index in [9.17, 15) is 8.42 Å².